The molecule has 4 N–H and O–H groups in total. The Hall–Kier alpha value is -2.60. The number of nitrogens with zero attached hydrogens (tertiary/aromatic N) is 1. The van der Waals surface area contributed by atoms with Gasteiger partial charge in [-0.1, -0.05) is 17.7 Å². The molecule has 0 unspecified atom stereocenters. The number of benzene rings is 1. The van der Waals surface area contributed by atoms with Crippen molar-refractivity contribution in [2.75, 3.05) is 16.4 Å². The van der Waals surface area contributed by atoms with E-state index in [1.807, 2.05) is 12.1 Å². The summed E-state index contributed by atoms with van der Waals surface area (Å²) in [5.74, 6) is 2.31. The minimum atomic E-state index is -0.242. The highest BCUT2D eigenvalue weighted by Crippen LogP contribution is 2.61. The summed E-state index contributed by atoms with van der Waals surface area (Å²) in [5, 5.41) is 5.99. The van der Waals surface area contributed by atoms with Gasteiger partial charge >= 0.3 is 0 Å². The van der Waals surface area contributed by atoms with Gasteiger partial charge in [0.15, 0.2) is 5.15 Å². The molecule has 2 aromatic rings. The van der Waals surface area contributed by atoms with Crippen molar-refractivity contribution in [2.45, 2.75) is 51.9 Å². The van der Waals surface area contributed by atoms with Crippen LogP contribution in [-0.4, -0.2) is 16.8 Å². The number of nitrogens with one attached hydrogen (secondary N) is 2. The molecule has 4 bridgehead atoms. The van der Waals surface area contributed by atoms with E-state index in [1.165, 1.54) is 45.4 Å². The third kappa shape index (κ3) is 4.08. The second-order valence-corrected chi connectivity index (χ2v) is 10.5. The van der Waals surface area contributed by atoms with Crippen LogP contribution < -0.4 is 16.4 Å². The quantitative estimate of drug-likeness (QED) is 0.412. The Labute approximate surface area is 193 Å². The number of halogens is 1. The lowest BCUT2D eigenvalue weighted by molar-refractivity contribution is -0.124. The van der Waals surface area contributed by atoms with Crippen LogP contribution in [0.2, 0.25) is 5.15 Å². The van der Waals surface area contributed by atoms with Crippen molar-refractivity contribution in [3.05, 3.63) is 35.6 Å². The largest absolute Gasteiger partial charge is 0.398 e. The van der Waals surface area contributed by atoms with Crippen LogP contribution in [0, 0.1) is 23.2 Å². The lowest BCUT2D eigenvalue weighted by atomic mass is 9.49. The van der Waals surface area contributed by atoms with E-state index in [-0.39, 0.29) is 22.4 Å². The maximum absolute atomic E-state index is 13.0. The Bertz CT molecular complexity index is 1050. The fraction of sp³-hybridized carbons (Fsp3) is 0.480. The first-order chi connectivity index (χ1) is 15.3. The van der Waals surface area contributed by atoms with Gasteiger partial charge in [0.1, 0.15) is 0 Å². The third-order valence-electron chi connectivity index (χ3n) is 7.53. The zero-order valence-electron chi connectivity index (χ0n) is 18.3. The highest BCUT2D eigenvalue weighted by atomic mass is 35.5. The fourth-order valence-electron chi connectivity index (χ4n) is 6.89. The number of nitrogen functional groups attached to an aromatic ring is 1. The summed E-state index contributed by atoms with van der Waals surface area (Å²) in [6.07, 6.45) is 9.93. The first-order valence-electron chi connectivity index (χ1n) is 11.4. The summed E-state index contributed by atoms with van der Waals surface area (Å²) in [6.45, 7) is 1.42. The summed E-state index contributed by atoms with van der Waals surface area (Å²) in [7, 11) is 0. The first-order valence-corrected chi connectivity index (χ1v) is 11.8. The van der Waals surface area contributed by atoms with Gasteiger partial charge in [-0.3, -0.25) is 9.59 Å². The Morgan fingerprint density at radius 3 is 2.31 bits per heavy atom. The summed E-state index contributed by atoms with van der Waals surface area (Å²) in [6, 6.07) is 7.20. The lowest BCUT2D eigenvalue weighted by Crippen LogP contribution is -2.47. The minimum absolute atomic E-state index is 0.0741. The highest BCUT2D eigenvalue weighted by molar-refractivity contribution is 6.33. The maximum atomic E-state index is 13.0. The van der Waals surface area contributed by atoms with Gasteiger partial charge < -0.3 is 16.4 Å². The summed E-state index contributed by atoms with van der Waals surface area (Å²) in [5.41, 5.74) is 9.54. The first kappa shape index (κ1) is 21.3. The number of pyridine rings is 1. The van der Waals surface area contributed by atoms with E-state index in [0.29, 0.717) is 29.0 Å². The molecule has 0 spiro atoms. The molecule has 2 amide bonds. The van der Waals surface area contributed by atoms with Crippen LogP contribution in [0.3, 0.4) is 0 Å². The van der Waals surface area contributed by atoms with Crippen molar-refractivity contribution < 1.29 is 9.59 Å². The van der Waals surface area contributed by atoms with E-state index in [0.717, 1.165) is 23.3 Å². The van der Waals surface area contributed by atoms with Crippen molar-refractivity contribution in [1.29, 1.82) is 0 Å². The Kier molecular flexibility index (Phi) is 5.36. The third-order valence-corrected chi connectivity index (χ3v) is 7.82. The predicted octanol–water partition coefficient (Wildman–Crippen LogP) is 5.49. The van der Waals surface area contributed by atoms with Gasteiger partial charge in [0.25, 0.3) is 0 Å². The average molecular weight is 453 g/mol. The highest BCUT2D eigenvalue weighted by Gasteiger charge is 2.51. The molecule has 0 aliphatic heterocycles. The van der Waals surface area contributed by atoms with Gasteiger partial charge in [0.2, 0.25) is 11.8 Å². The van der Waals surface area contributed by atoms with E-state index in [4.69, 9.17) is 17.3 Å². The van der Waals surface area contributed by atoms with E-state index < -0.39 is 0 Å². The van der Waals surface area contributed by atoms with Crippen molar-refractivity contribution in [1.82, 2.24) is 4.98 Å². The molecule has 4 aliphatic rings. The Morgan fingerprint density at radius 1 is 1.06 bits per heavy atom. The number of anilines is 3. The molecule has 4 saturated carbocycles. The number of nitrogens with two attached hydrogens (primary N) is 1. The van der Waals surface area contributed by atoms with Crippen molar-refractivity contribution in [3.8, 4) is 11.1 Å². The van der Waals surface area contributed by atoms with Gasteiger partial charge in [-0.15, -0.1) is 0 Å². The number of carbonyl (C=O) groups excluding carboxylic acids is 2. The van der Waals surface area contributed by atoms with Gasteiger partial charge in [-0.05, 0) is 79.9 Å². The molecule has 0 saturated heterocycles. The molecule has 32 heavy (non-hydrogen) atoms. The van der Waals surface area contributed by atoms with Crippen LogP contribution in [0.4, 0.5) is 17.1 Å². The van der Waals surface area contributed by atoms with Crippen LogP contribution in [0.1, 0.15) is 51.9 Å². The summed E-state index contributed by atoms with van der Waals surface area (Å²) < 4.78 is 0. The number of amides is 2. The van der Waals surface area contributed by atoms with E-state index in [1.54, 1.807) is 18.3 Å². The SMILES string of the molecule is CC(=O)Nc1c(-c2ccc(NC(=O)CC34CC5CC(CC(C5)C3)C4)cc2N)ccnc1Cl. The minimum Gasteiger partial charge on any atom is -0.398 e. The molecule has 4 aliphatic carbocycles. The molecule has 1 aromatic carbocycles. The zero-order chi connectivity index (χ0) is 22.5. The van der Waals surface area contributed by atoms with Crippen LogP contribution in [0.25, 0.3) is 11.1 Å². The monoisotopic (exact) mass is 452 g/mol. The molecule has 0 radical (unpaired) electrons. The number of carbonyl (C=O) groups is 2. The van der Waals surface area contributed by atoms with Gasteiger partial charge in [-0.2, -0.15) is 0 Å². The molecule has 6 nitrogen and oxygen atoms in total. The molecule has 4 fully saturated rings. The van der Waals surface area contributed by atoms with Gasteiger partial charge in [0, 0.05) is 42.0 Å². The Balaban J connectivity index is 1.32. The second-order valence-electron chi connectivity index (χ2n) is 10.2. The smallest absolute Gasteiger partial charge is 0.224 e. The predicted molar refractivity (Wildman–Crippen MR) is 127 cm³/mol. The van der Waals surface area contributed by atoms with Gasteiger partial charge in [-0.25, -0.2) is 4.98 Å². The Morgan fingerprint density at radius 2 is 1.72 bits per heavy atom. The van der Waals surface area contributed by atoms with Gasteiger partial charge in [0.05, 0.1) is 5.69 Å². The molecular weight excluding hydrogens is 424 g/mol. The van der Waals surface area contributed by atoms with Crippen molar-refractivity contribution >= 4 is 40.5 Å². The number of hydrogen-bond acceptors (Lipinski definition) is 4. The average Bonchev–Trinajstić information content (AvgIpc) is 2.68. The van der Waals surface area contributed by atoms with E-state index >= 15 is 0 Å². The molecule has 1 heterocycles. The van der Waals surface area contributed by atoms with E-state index in [9.17, 15) is 9.59 Å². The zero-order valence-corrected chi connectivity index (χ0v) is 19.0. The fourth-order valence-corrected chi connectivity index (χ4v) is 7.10. The number of rotatable bonds is 5. The lowest BCUT2D eigenvalue weighted by Gasteiger charge is -2.56. The summed E-state index contributed by atoms with van der Waals surface area (Å²) >= 11 is 6.20. The van der Waals surface area contributed by atoms with Crippen molar-refractivity contribution in [3.63, 3.8) is 0 Å². The van der Waals surface area contributed by atoms with Crippen LogP contribution in [0.15, 0.2) is 30.5 Å². The molecule has 6 rings (SSSR count). The maximum Gasteiger partial charge on any atom is 0.224 e. The van der Waals surface area contributed by atoms with E-state index in [2.05, 4.69) is 15.6 Å². The number of aromatic nitrogens is 1. The molecule has 7 heteroatoms. The summed E-state index contributed by atoms with van der Waals surface area (Å²) in [4.78, 5) is 28.6. The number of hydrogen-bond donors (Lipinski definition) is 3. The topological polar surface area (TPSA) is 97.1 Å². The second kappa shape index (κ2) is 8.07. The van der Waals surface area contributed by atoms with Crippen LogP contribution in [0.5, 0.6) is 0 Å². The molecule has 0 atom stereocenters. The normalized spacial score (nSPS) is 27.9. The molecule has 168 valence electrons. The van der Waals surface area contributed by atoms with Crippen LogP contribution >= 0.6 is 11.6 Å². The van der Waals surface area contributed by atoms with Crippen molar-refractivity contribution in [2.24, 2.45) is 23.2 Å². The molecule has 1 aromatic heterocycles. The molecular formula is C25H29ClN4O2. The van der Waals surface area contributed by atoms with Crippen LogP contribution in [-0.2, 0) is 9.59 Å². The standard InChI is InChI=1S/C25H29ClN4O2/c1-14(31)29-23-20(4-5-28-24(23)26)19-3-2-18(9-21(19)27)30-22(32)13-25-10-15-6-16(11-25)8-17(7-15)12-25/h2-5,9,15-17H,6-8,10-13,27H2,1H3,(H,29,31)(H,30,32).